The van der Waals surface area contributed by atoms with Crippen LogP contribution in [-0.2, 0) is 9.09 Å². The van der Waals surface area contributed by atoms with Gasteiger partial charge in [0.25, 0.3) is 0 Å². The third kappa shape index (κ3) is 10.1. The Bertz CT molecular complexity index is 73.9. The maximum absolute atomic E-state index is 9.54. The molecule has 0 aromatic carbocycles. The topological polar surface area (TPSA) is 46.5 Å². The van der Waals surface area contributed by atoms with Crippen molar-refractivity contribution >= 4 is 8.69 Å². The fraction of sp³-hybridized carbons (Fsp3) is 1.00. The van der Waals surface area contributed by atoms with Gasteiger partial charge >= 0.3 is 38.2 Å². The van der Waals surface area contributed by atoms with E-state index in [9.17, 15) is 4.57 Å². The van der Waals surface area contributed by atoms with Crippen LogP contribution in [0.15, 0.2) is 0 Å². The van der Waals surface area contributed by atoms with Crippen molar-refractivity contribution < 1.29 is 45.2 Å². The third-order valence-electron chi connectivity index (χ3n) is 0.261. The van der Waals surface area contributed by atoms with Crippen LogP contribution in [0.4, 0.5) is 0 Å². The molecule has 44 valence electrons. The molecule has 0 fully saturated rings. The molecule has 0 heterocycles. The van der Waals surface area contributed by atoms with Gasteiger partial charge in [0.05, 0.1) is 0 Å². The Labute approximate surface area is 73.5 Å². The summed E-state index contributed by atoms with van der Waals surface area (Å²) in [7, 11) is -0.491. The van der Waals surface area contributed by atoms with Gasteiger partial charge in [-0.1, -0.05) is 0 Å². The average molecular weight is 146 g/mol. The minimum Gasteiger partial charge on any atom is -1.00 e. The first-order chi connectivity index (χ1) is 3.06. The predicted molar refractivity (Wildman–Crippen MR) is 26.1 cm³/mol. The molecule has 0 rings (SSSR count). The largest absolute Gasteiger partial charge is 1.00 e. The molecule has 0 aliphatic rings. The van der Waals surface area contributed by atoms with Gasteiger partial charge in [-0.15, -0.1) is 0 Å². The molecule has 0 bridgehead atoms. The van der Waals surface area contributed by atoms with Gasteiger partial charge in [0.1, 0.15) is 0 Å². The predicted octanol–water partition coefficient (Wildman–Crippen LogP) is -1.95. The van der Waals surface area contributed by atoms with E-state index in [1.807, 2.05) is 0 Å². The van der Waals surface area contributed by atoms with Crippen molar-refractivity contribution in [2.45, 2.75) is 19.6 Å². The molecule has 0 atom stereocenters. The summed E-state index contributed by atoms with van der Waals surface area (Å²) in [5, 5.41) is 8.59. The first-order valence-electron chi connectivity index (χ1n) is 1.79. The fourth-order valence-electron chi connectivity index (χ4n) is 0.0912. The monoisotopic (exact) mass is 146 g/mol. The summed E-state index contributed by atoms with van der Waals surface area (Å²) < 4.78 is 13.7. The second-order valence-electron chi connectivity index (χ2n) is 1.61. The summed E-state index contributed by atoms with van der Waals surface area (Å²) in [5.74, 6) is -1.27. The Morgan fingerprint density at radius 3 is 2.12 bits per heavy atom. The van der Waals surface area contributed by atoms with Crippen LogP contribution in [0.25, 0.3) is 0 Å². The van der Waals surface area contributed by atoms with Crippen molar-refractivity contribution in [3.05, 3.63) is 0 Å². The molecule has 0 radical (unpaired) electrons. The second-order valence-corrected chi connectivity index (χ2v) is 1.94. The van der Waals surface area contributed by atoms with Gasteiger partial charge in [-0.2, -0.15) is 0 Å². The van der Waals surface area contributed by atoms with Crippen molar-refractivity contribution in [1.29, 1.82) is 0 Å². The average Bonchev–Trinajstić information content (AvgIpc) is 1.30. The van der Waals surface area contributed by atoms with Crippen LogP contribution in [-0.4, -0.2) is 10.9 Å². The van der Waals surface area contributed by atoms with Crippen LogP contribution in [0, 0.1) is 0 Å². The van der Waals surface area contributed by atoms with Crippen molar-refractivity contribution in [3.8, 4) is 0 Å². The number of rotatable bonds is 2. The van der Waals surface area contributed by atoms with Gasteiger partial charge in [-0.3, -0.25) is 4.52 Å². The molecule has 0 amide bonds. The summed E-state index contributed by atoms with van der Waals surface area (Å²) in [6.07, 6.45) is 0. The molecule has 0 saturated heterocycles. The van der Waals surface area contributed by atoms with Crippen molar-refractivity contribution in [1.82, 2.24) is 0 Å². The van der Waals surface area contributed by atoms with Gasteiger partial charge in [-0.25, -0.2) is 4.57 Å². The van der Waals surface area contributed by atoms with E-state index in [0.717, 1.165) is 0 Å². The normalized spacial score (nSPS) is 10.9. The Kier molecular flexibility index (Phi) is 7.15. The zero-order valence-corrected chi connectivity index (χ0v) is 8.11. The van der Waals surface area contributed by atoms with Gasteiger partial charge in [-0.05, 0) is 13.8 Å². The molecule has 8 heavy (non-hydrogen) atoms. The standard InChI is InChI=1S/C3H7O3P.Na.H/c1-3(2,4)6-7-5;;/h4H,1-2H3;;/q;+1;-1. The molecule has 5 heteroatoms. The molecular weight excluding hydrogens is 138 g/mol. The summed E-state index contributed by atoms with van der Waals surface area (Å²) in [6, 6.07) is 0. The molecule has 0 aliphatic carbocycles. The minimum absolute atomic E-state index is 0. The zero-order valence-electron chi connectivity index (χ0n) is 6.21. The Balaban J connectivity index is -0.000000180. The van der Waals surface area contributed by atoms with E-state index >= 15 is 0 Å². The van der Waals surface area contributed by atoms with E-state index in [1.165, 1.54) is 13.8 Å². The summed E-state index contributed by atoms with van der Waals surface area (Å²) in [6.45, 7) is 2.80. The number of hydrogen-bond acceptors (Lipinski definition) is 3. The molecule has 0 saturated carbocycles. The van der Waals surface area contributed by atoms with Crippen LogP contribution in [0.5, 0.6) is 0 Å². The minimum atomic E-state index is -1.27. The van der Waals surface area contributed by atoms with E-state index in [-0.39, 0.29) is 31.0 Å². The summed E-state index contributed by atoms with van der Waals surface area (Å²) >= 11 is 0. The van der Waals surface area contributed by atoms with Crippen LogP contribution < -0.4 is 29.6 Å². The van der Waals surface area contributed by atoms with Crippen molar-refractivity contribution in [3.63, 3.8) is 0 Å². The molecule has 0 aromatic heterocycles. The van der Waals surface area contributed by atoms with Crippen molar-refractivity contribution in [2.75, 3.05) is 0 Å². The number of hydrogen-bond donors (Lipinski definition) is 1. The quantitative estimate of drug-likeness (QED) is 0.280. The van der Waals surface area contributed by atoms with E-state index < -0.39 is 14.5 Å². The maximum Gasteiger partial charge on any atom is 1.00 e. The summed E-state index contributed by atoms with van der Waals surface area (Å²) in [4.78, 5) is 0. The first-order valence-corrected chi connectivity index (χ1v) is 2.52. The maximum atomic E-state index is 9.54. The molecular formula is C3H8NaO3P. The van der Waals surface area contributed by atoms with Crippen LogP contribution >= 0.6 is 8.69 Å². The van der Waals surface area contributed by atoms with Crippen LogP contribution in [0.3, 0.4) is 0 Å². The van der Waals surface area contributed by atoms with E-state index in [1.54, 1.807) is 0 Å². The molecule has 3 nitrogen and oxygen atoms in total. The van der Waals surface area contributed by atoms with Gasteiger partial charge in [0.2, 0.25) is 0 Å². The Hall–Kier alpha value is 1.02. The smallest absolute Gasteiger partial charge is 1.00 e. The van der Waals surface area contributed by atoms with Gasteiger partial charge in [0.15, 0.2) is 5.79 Å². The Morgan fingerprint density at radius 2 is 2.12 bits per heavy atom. The molecule has 0 unspecified atom stereocenters. The van der Waals surface area contributed by atoms with Gasteiger partial charge in [0, 0.05) is 0 Å². The molecule has 1 N–H and O–H groups in total. The Morgan fingerprint density at radius 1 is 1.75 bits per heavy atom. The first kappa shape index (κ1) is 11.8. The number of aliphatic hydroxyl groups is 1. The fourth-order valence-corrected chi connectivity index (χ4v) is 0.274. The van der Waals surface area contributed by atoms with E-state index in [0.29, 0.717) is 0 Å². The van der Waals surface area contributed by atoms with E-state index in [2.05, 4.69) is 4.52 Å². The molecule has 0 spiro atoms. The van der Waals surface area contributed by atoms with E-state index in [4.69, 9.17) is 5.11 Å². The second kappa shape index (κ2) is 4.86. The van der Waals surface area contributed by atoms with Gasteiger partial charge < -0.3 is 6.53 Å². The summed E-state index contributed by atoms with van der Waals surface area (Å²) in [5.41, 5.74) is 0. The third-order valence-corrected chi connectivity index (χ3v) is 0.782. The molecule has 0 aliphatic heterocycles. The van der Waals surface area contributed by atoms with Crippen molar-refractivity contribution in [2.24, 2.45) is 0 Å². The van der Waals surface area contributed by atoms with Crippen LogP contribution in [0.2, 0.25) is 0 Å². The SMILES string of the molecule is CC(C)(O)OP=O.[H-].[Na+]. The molecule has 0 aromatic rings. The van der Waals surface area contributed by atoms with Crippen LogP contribution in [0.1, 0.15) is 15.3 Å². The zero-order chi connectivity index (χ0) is 5.91.